The van der Waals surface area contributed by atoms with Gasteiger partial charge in [0.1, 0.15) is 40.0 Å². The first-order valence-electron chi connectivity index (χ1n) is 33.6. The summed E-state index contributed by atoms with van der Waals surface area (Å²) in [5.74, 6) is 8.07. The SMILES string of the molecule is C#CCOC(=O)c1ccccc1.CC1(C)OB(c2ccc3c(c2)CCCO3)OC1(C)C.Cn1nc(-c2cccs2)c(-c2ccc3c(c2)CCCO3)c1C=O.Cn1nc(-c2cccs2)c(Br)c1C=O.Cn1nc(-c2cccs2)cc1CO.O=C(Cl)c1cccs1.O=C(OCC#CC(=O)c1cccs1)c1ccccc1. The van der Waals surface area contributed by atoms with E-state index in [0.29, 0.717) is 32.3 Å². The van der Waals surface area contributed by atoms with E-state index in [9.17, 15) is 28.8 Å². The maximum Gasteiger partial charge on any atom is 0.494 e. The molecule has 15 rings (SSSR count). The van der Waals surface area contributed by atoms with E-state index in [1.165, 1.54) is 33.8 Å². The van der Waals surface area contributed by atoms with Crippen molar-refractivity contribution in [1.29, 1.82) is 0 Å². The number of carbonyl (C=O) groups excluding carboxylic acids is 6. The predicted octanol–water partition coefficient (Wildman–Crippen LogP) is 17.0. The molecule has 554 valence electrons. The Bertz CT molecular complexity index is 5030. The Hall–Kier alpha value is -9.94. The Kier molecular flexibility index (Phi) is 30.7. The van der Waals surface area contributed by atoms with Crippen LogP contribution in [0.15, 0.2) is 195 Å². The minimum atomic E-state index is -0.446. The van der Waals surface area contributed by atoms with Crippen molar-refractivity contribution >= 4 is 132 Å². The third-order valence-electron chi connectivity index (χ3n) is 16.7. The molecule has 0 atom stereocenters. The van der Waals surface area contributed by atoms with Gasteiger partial charge in [0.2, 0.25) is 5.78 Å². The molecule has 0 spiro atoms. The first kappa shape index (κ1) is 82.1. The first-order chi connectivity index (χ1) is 52.1. The van der Waals surface area contributed by atoms with E-state index in [0.717, 1.165) is 121 Å². The van der Waals surface area contributed by atoms with Crippen LogP contribution >= 0.6 is 84.2 Å². The number of esters is 2. The summed E-state index contributed by atoms with van der Waals surface area (Å²) < 4.78 is 38.8. The Balaban J connectivity index is 0.000000148. The Morgan fingerprint density at radius 1 is 0.602 bits per heavy atom. The molecule has 1 fully saturated rings. The summed E-state index contributed by atoms with van der Waals surface area (Å²) in [6.07, 6.45) is 10.8. The molecule has 27 heteroatoms. The number of hydrogen-bond acceptors (Lipinski definition) is 21. The summed E-state index contributed by atoms with van der Waals surface area (Å²) in [7, 11) is 5.12. The lowest BCUT2D eigenvalue weighted by Gasteiger charge is -2.32. The largest absolute Gasteiger partial charge is 0.494 e. The van der Waals surface area contributed by atoms with Crippen LogP contribution in [-0.4, -0.2) is 115 Å². The molecule has 0 unspecified atom stereocenters. The number of aldehydes is 2. The third kappa shape index (κ3) is 22.4. The number of aryl methyl sites for hydroxylation is 5. The normalized spacial score (nSPS) is 13.0. The van der Waals surface area contributed by atoms with Crippen LogP contribution in [0.3, 0.4) is 0 Å². The maximum atomic E-state index is 11.6. The fourth-order valence-electron chi connectivity index (χ4n) is 10.5. The lowest BCUT2D eigenvalue weighted by atomic mass is 9.78. The molecule has 3 aliphatic heterocycles. The molecule has 1 N–H and O–H groups in total. The zero-order chi connectivity index (χ0) is 77.2. The average molecular weight is 1630 g/mol. The molecule has 19 nitrogen and oxygen atoms in total. The highest BCUT2D eigenvalue weighted by atomic mass is 79.9. The number of fused-ring (bicyclic) bond motifs is 2. The van der Waals surface area contributed by atoms with Gasteiger partial charge in [-0.15, -0.1) is 63.1 Å². The van der Waals surface area contributed by atoms with Crippen LogP contribution in [0.4, 0.5) is 0 Å². The van der Waals surface area contributed by atoms with E-state index in [2.05, 4.69) is 88.8 Å². The van der Waals surface area contributed by atoms with E-state index in [-0.39, 0.29) is 55.1 Å². The number of terminal acetylenes is 1. The molecule has 108 heavy (non-hydrogen) atoms. The number of hydrogen-bond donors (Lipinski definition) is 1. The molecule has 0 saturated carbocycles. The van der Waals surface area contributed by atoms with E-state index >= 15 is 0 Å². The highest BCUT2D eigenvalue weighted by Crippen LogP contribution is 2.40. The van der Waals surface area contributed by atoms with Crippen molar-refractivity contribution in [3.63, 3.8) is 0 Å². The first-order valence-corrected chi connectivity index (χ1v) is 39.2. The average Bonchev–Trinajstić information content (AvgIpc) is 1.61. The molecular formula is C81H75BBrClN6O13S5. The second-order valence-electron chi connectivity index (χ2n) is 24.5. The van der Waals surface area contributed by atoms with Gasteiger partial charge in [0.15, 0.2) is 25.8 Å². The highest BCUT2D eigenvalue weighted by Gasteiger charge is 2.52. The molecule has 0 amide bonds. The van der Waals surface area contributed by atoms with Crippen LogP contribution in [0.5, 0.6) is 11.5 Å². The van der Waals surface area contributed by atoms with Crippen LogP contribution in [0, 0.1) is 24.2 Å². The fourth-order valence-corrected chi connectivity index (χ4v) is 14.7. The molecule has 0 radical (unpaired) electrons. The number of thiophene rings is 5. The number of ether oxygens (including phenoxy) is 4. The Labute approximate surface area is 660 Å². The van der Waals surface area contributed by atoms with E-state index < -0.39 is 5.97 Å². The molecule has 0 bridgehead atoms. The molecule has 8 aromatic heterocycles. The second-order valence-corrected chi connectivity index (χ2v) is 30.4. The Morgan fingerprint density at radius 3 is 1.59 bits per heavy atom. The highest BCUT2D eigenvalue weighted by molar-refractivity contribution is 9.10. The maximum absolute atomic E-state index is 11.6. The van der Waals surface area contributed by atoms with Crippen molar-refractivity contribution < 1.29 is 62.1 Å². The predicted molar refractivity (Wildman–Crippen MR) is 432 cm³/mol. The zero-order valence-corrected chi connectivity index (χ0v) is 66.4. The number of rotatable bonds is 14. The minimum absolute atomic E-state index is 0.0216. The van der Waals surface area contributed by atoms with Gasteiger partial charge >= 0.3 is 19.1 Å². The van der Waals surface area contributed by atoms with Crippen molar-refractivity contribution in [2.24, 2.45) is 21.1 Å². The van der Waals surface area contributed by atoms with E-state index in [1.807, 2.05) is 120 Å². The summed E-state index contributed by atoms with van der Waals surface area (Å²) in [6.45, 7) is 9.88. The number of benzene rings is 4. The third-order valence-corrected chi connectivity index (χ3v) is 22.1. The minimum Gasteiger partial charge on any atom is -0.493 e. The van der Waals surface area contributed by atoms with Crippen molar-refractivity contribution in [2.45, 2.75) is 71.2 Å². The topological polar surface area (TPSA) is 231 Å². The summed E-state index contributed by atoms with van der Waals surface area (Å²) in [4.78, 5) is 71.2. The van der Waals surface area contributed by atoms with Gasteiger partial charge in [0, 0.05) is 26.7 Å². The van der Waals surface area contributed by atoms with Gasteiger partial charge in [-0.2, -0.15) is 15.3 Å². The summed E-state index contributed by atoms with van der Waals surface area (Å²) in [5.41, 5.74) is 10.5. The number of ketones is 1. The molecular weight excluding hydrogens is 1550 g/mol. The lowest BCUT2D eigenvalue weighted by molar-refractivity contribution is 0.00578. The zero-order valence-electron chi connectivity index (χ0n) is 60.0. The summed E-state index contributed by atoms with van der Waals surface area (Å²) in [6, 6.07) is 50.7. The lowest BCUT2D eigenvalue weighted by Crippen LogP contribution is -2.41. The smallest absolute Gasteiger partial charge is 0.493 e. The van der Waals surface area contributed by atoms with Crippen molar-refractivity contribution in [3.05, 3.63) is 244 Å². The number of Topliss-reactive ketones (excluding diaryl/α,β-unsaturated/α-hetero) is 1. The van der Waals surface area contributed by atoms with Crippen LogP contribution in [0.1, 0.15) is 118 Å². The van der Waals surface area contributed by atoms with Crippen LogP contribution < -0.4 is 14.9 Å². The molecule has 12 aromatic rings. The van der Waals surface area contributed by atoms with E-state index in [4.69, 9.17) is 51.4 Å². The van der Waals surface area contributed by atoms with Crippen LogP contribution in [0.2, 0.25) is 0 Å². The summed E-state index contributed by atoms with van der Waals surface area (Å²) in [5, 5.41) is 31.4. The molecule has 4 aromatic carbocycles. The van der Waals surface area contributed by atoms with Gasteiger partial charge in [0.05, 0.1) is 76.7 Å². The molecule has 0 aliphatic carbocycles. The second kappa shape index (κ2) is 40.3. The quantitative estimate of drug-likeness (QED) is 0.0203. The van der Waals surface area contributed by atoms with Gasteiger partial charge in [-0.05, 0) is 215 Å². The summed E-state index contributed by atoms with van der Waals surface area (Å²) >= 11 is 16.1. The number of carbonyl (C=O) groups is 6. The fraction of sp³-hybridized carbons (Fsp3) is 0.222. The molecule has 11 heterocycles. The molecule has 1 saturated heterocycles. The van der Waals surface area contributed by atoms with Gasteiger partial charge in [-0.1, -0.05) is 96.8 Å². The van der Waals surface area contributed by atoms with Crippen molar-refractivity contribution in [1.82, 2.24) is 29.3 Å². The number of aliphatic hydroxyl groups excluding tert-OH is 1. The Morgan fingerprint density at radius 2 is 1.10 bits per heavy atom. The van der Waals surface area contributed by atoms with Gasteiger partial charge in [-0.3, -0.25) is 33.2 Å². The van der Waals surface area contributed by atoms with Crippen molar-refractivity contribution in [2.75, 3.05) is 26.4 Å². The van der Waals surface area contributed by atoms with Crippen molar-refractivity contribution in [3.8, 4) is 78.5 Å². The molecule has 3 aliphatic rings. The van der Waals surface area contributed by atoms with Gasteiger partial charge in [-0.25, -0.2) is 9.59 Å². The number of nitrogens with zero attached hydrogens (tertiary/aromatic N) is 6. The number of aromatic nitrogens is 6. The number of halogens is 2. The standard InChI is InChI=1S/C18H16N2O2S.C15H21BO3.C15H10O3S.C10H8O2.C9H7BrN2OS.C9H10N2OS.C5H3ClOS/c1-20-14(11-21)17(18(19-20)16-5-3-9-23-16)13-6-7-15-12(10-13)4-2-8-22-15;1-14(2)15(3,4)19-16(18-14)12-7-8-13-11(10-12)6-5-9-17-13;16-13(14-9-5-11-19-14)8-4-10-18-15(17)12-6-2-1-3-7-12;1-2-8-12-10(11)9-6-4-3-5-7-9;1-12-6(5-13)8(10)9(11-12)7-3-2-4-14-7;1-11-7(6-12)5-8(10-11)9-3-2-4-13-9;6-5(7)4-2-1-3-8-4/h3,5-7,9-11H,2,4,8H2,1H3;7-8,10H,5-6,9H2,1-4H3;1-3,5-7,9,11H,10H2;1,3-7H,8H2;2-5H,1H3;2-5,12H,6H2,1H3;1-3H. The van der Waals surface area contributed by atoms with Crippen LogP contribution in [-0.2, 0) is 59.4 Å². The van der Waals surface area contributed by atoms with Gasteiger partial charge < -0.3 is 33.4 Å². The van der Waals surface area contributed by atoms with E-state index in [1.54, 1.807) is 128 Å². The number of aliphatic hydroxyl groups is 1. The monoisotopic (exact) mass is 1620 g/mol. The van der Waals surface area contributed by atoms with Crippen LogP contribution in [0.25, 0.3) is 42.8 Å². The van der Waals surface area contributed by atoms with Gasteiger partial charge in [0.25, 0.3) is 5.24 Å².